The number of rotatable bonds is 6. The molecule has 0 aliphatic rings. The Hall–Kier alpha value is -2.03. The molecule has 0 bridgehead atoms. The van der Waals surface area contributed by atoms with Gasteiger partial charge in [0, 0.05) is 10.0 Å². The fraction of sp³-hybridized carbons (Fsp3) is 0.300. The van der Waals surface area contributed by atoms with Crippen molar-refractivity contribution in [1.29, 1.82) is 0 Å². The number of sulfonamides is 1. The second-order valence-corrected chi connectivity index (χ2v) is 10.3. The van der Waals surface area contributed by atoms with E-state index in [1.54, 1.807) is 18.2 Å². The summed E-state index contributed by atoms with van der Waals surface area (Å²) in [6.07, 6.45) is 0. The molecule has 1 aromatic heterocycles. The van der Waals surface area contributed by atoms with Gasteiger partial charge in [-0.25, -0.2) is 13.1 Å². The first kappa shape index (κ1) is 20.7. The molecule has 0 amide bonds. The smallest absolute Gasteiger partial charge is 0.242 e. The van der Waals surface area contributed by atoms with Gasteiger partial charge in [0.25, 0.3) is 0 Å². The molecule has 0 aliphatic carbocycles. The molecular formula is C20H22BrN3O3S. The highest BCUT2D eigenvalue weighted by atomic mass is 79.9. The molecule has 0 spiro atoms. The Bertz CT molecular complexity index is 1050. The summed E-state index contributed by atoms with van der Waals surface area (Å²) in [7, 11) is -3.53. The number of nitrogens with one attached hydrogen (secondary N) is 1. The minimum atomic E-state index is -3.53. The normalized spacial score (nSPS) is 12.3. The molecule has 28 heavy (non-hydrogen) atoms. The van der Waals surface area contributed by atoms with Crippen LogP contribution in [0.25, 0.3) is 11.4 Å². The Labute approximate surface area is 173 Å². The van der Waals surface area contributed by atoms with Gasteiger partial charge in [-0.2, -0.15) is 4.98 Å². The van der Waals surface area contributed by atoms with E-state index in [1.165, 1.54) is 5.56 Å². The largest absolute Gasteiger partial charge is 0.338 e. The average molecular weight is 464 g/mol. The first-order chi connectivity index (χ1) is 13.1. The predicted octanol–water partition coefficient (Wildman–Crippen LogP) is 4.42. The molecule has 2 aromatic carbocycles. The Morgan fingerprint density at radius 1 is 1.11 bits per heavy atom. The van der Waals surface area contributed by atoms with Gasteiger partial charge in [-0.05, 0) is 28.7 Å². The van der Waals surface area contributed by atoms with Crippen molar-refractivity contribution >= 4 is 26.0 Å². The van der Waals surface area contributed by atoms with Crippen molar-refractivity contribution in [2.75, 3.05) is 0 Å². The summed E-state index contributed by atoms with van der Waals surface area (Å²) >= 11 is 3.34. The zero-order valence-electron chi connectivity index (χ0n) is 15.9. The van der Waals surface area contributed by atoms with Gasteiger partial charge >= 0.3 is 0 Å². The maximum atomic E-state index is 12.3. The molecule has 0 radical (unpaired) electrons. The van der Waals surface area contributed by atoms with Gasteiger partial charge in [0.1, 0.15) is 0 Å². The van der Waals surface area contributed by atoms with Crippen molar-refractivity contribution < 1.29 is 12.9 Å². The molecular weight excluding hydrogens is 442 g/mol. The van der Waals surface area contributed by atoms with Gasteiger partial charge in [-0.3, -0.25) is 0 Å². The number of benzene rings is 2. The maximum absolute atomic E-state index is 12.3. The predicted molar refractivity (Wildman–Crippen MR) is 112 cm³/mol. The van der Waals surface area contributed by atoms with Gasteiger partial charge in [-0.15, -0.1) is 0 Å². The highest BCUT2D eigenvalue weighted by Crippen LogP contribution is 2.25. The lowest BCUT2D eigenvalue weighted by molar-refractivity contribution is 0.376. The maximum Gasteiger partial charge on any atom is 0.242 e. The fourth-order valence-electron chi connectivity index (χ4n) is 2.63. The van der Waals surface area contributed by atoms with Crippen LogP contribution in [0.3, 0.4) is 0 Å². The zero-order chi connectivity index (χ0) is 20.4. The Morgan fingerprint density at radius 3 is 2.46 bits per heavy atom. The summed E-state index contributed by atoms with van der Waals surface area (Å²) in [6, 6.07) is 15.1. The molecule has 0 unspecified atom stereocenters. The van der Waals surface area contributed by atoms with Crippen molar-refractivity contribution in [2.45, 2.75) is 38.5 Å². The van der Waals surface area contributed by atoms with Gasteiger partial charge in [-0.1, -0.05) is 78.3 Å². The van der Waals surface area contributed by atoms with Gasteiger partial charge in [0.2, 0.25) is 21.7 Å². The summed E-state index contributed by atoms with van der Waals surface area (Å²) in [6.45, 7) is 6.39. The summed E-state index contributed by atoms with van der Waals surface area (Å²) in [5.41, 5.74) is 2.78. The van der Waals surface area contributed by atoms with E-state index in [0.717, 1.165) is 10.0 Å². The van der Waals surface area contributed by atoms with Gasteiger partial charge < -0.3 is 4.52 Å². The lowest BCUT2D eigenvalue weighted by Gasteiger charge is -2.18. The standard InChI is InChI=1S/C20H22BrN3O3S/c1-20(2,3)16-9-7-15(8-10-16)19-23-18(27-24-19)12-22-28(25,26)13-14-5-4-6-17(21)11-14/h4-11,22H,12-13H2,1-3H3. The van der Waals surface area contributed by atoms with Crippen LogP contribution >= 0.6 is 15.9 Å². The molecule has 3 rings (SSSR count). The topological polar surface area (TPSA) is 85.1 Å². The van der Waals surface area contributed by atoms with E-state index in [2.05, 4.69) is 51.6 Å². The van der Waals surface area contributed by atoms with Crippen molar-refractivity contribution in [1.82, 2.24) is 14.9 Å². The van der Waals surface area contributed by atoms with Crippen LogP contribution < -0.4 is 4.72 Å². The molecule has 0 saturated heterocycles. The number of aromatic nitrogens is 2. The third kappa shape index (κ3) is 5.50. The SMILES string of the molecule is CC(C)(C)c1ccc(-c2noc(CNS(=O)(=O)Cc3cccc(Br)c3)n2)cc1. The summed E-state index contributed by atoms with van der Waals surface area (Å²) < 4.78 is 33.1. The van der Waals surface area contributed by atoms with Gasteiger partial charge in [0.15, 0.2) is 0 Å². The number of hydrogen-bond donors (Lipinski definition) is 1. The van der Waals surface area contributed by atoms with E-state index in [1.807, 2.05) is 30.3 Å². The monoisotopic (exact) mass is 463 g/mol. The van der Waals surface area contributed by atoms with E-state index >= 15 is 0 Å². The molecule has 148 valence electrons. The van der Waals surface area contributed by atoms with Crippen molar-refractivity contribution in [3.8, 4) is 11.4 Å². The van der Waals surface area contributed by atoms with E-state index in [9.17, 15) is 8.42 Å². The first-order valence-corrected chi connectivity index (χ1v) is 11.2. The zero-order valence-corrected chi connectivity index (χ0v) is 18.3. The molecule has 6 nitrogen and oxygen atoms in total. The number of nitrogens with zero attached hydrogens (tertiary/aromatic N) is 2. The number of hydrogen-bond acceptors (Lipinski definition) is 5. The molecule has 0 aliphatic heterocycles. The molecule has 0 saturated carbocycles. The second kappa shape index (κ2) is 8.14. The minimum absolute atomic E-state index is 0.0522. The van der Waals surface area contributed by atoms with E-state index in [4.69, 9.17) is 4.52 Å². The van der Waals surface area contributed by atoms with E-state index in [-0.39, 0.29) is 23.6 Å². The lowest BCUT2D eigenvalue weighted by Crippen LogP contribution is -2.24. The van der Waals surface area contributed by atoms with Crippen LogP contribution in [-0.2, 0) is 27.7 Å². The van der Waals surface area contributed by atoms with E-state index < -0.39 is 10.0 Å². The number of halogens is 1. The molecule has 1 N–H and O–H groups in total. The van der Waals surface area contributed by atoms with Crippen LogP contribution in [0.15, 0.2) is 57.5 Å². The van der Waals surface area contributed by atoms with Crippen molar-refractivity contribution in [3.63, 3.8) is 0 Å². The second-order valence-electron chi connectivity index (χ2n) is 7.55. The molecule has 0 atom stereocenters. The van der Waals surface area contributed by atoms with Crippen LogP contribution in [0.2, 0.25) is 0 Å². The molecule has 3 aromatic rings. The molecule has 8 heteroatoms. The highest BCUT2D eigenvalue weighted by Gasteiger charge is 2.16. The quantitative estimate of drug-likeness (QED) is 0.584. The minimum Gasteiger partial charge on any atom is -0.338 e. The van der Waals surface area contributed by atoms with Crippen LogP contribution in [0.5, 0.6) is 0 Å². The average Bonchev–Trinajstić information content (AvgIpc) is 3.08. The van der Waals surface area contributed by atoms with Gasteiger partial charge in [0.05, 0.1) is 12.3 Å². The summed E-state index contributed by atoms with van der Waals surface area (Å²) in [5, 5.41) is 3.95. The fourth-order valence-corrected chi connectivity index (χ4v) is 4.14. The highest BCUT2D eigenvalue weighted by molar-refractivity contribution is 9.10. The first-order valence-electron chi connectivity index (χ1n) is 8.78. The van der Waals surface area contributed by atoms with E-state index in [0.29, 0.717) is 11.4 Å². The third-order valence-electron chi connectivity index (χ3n) is 4.17. The molecule has 0 fully saturated rings. The van der Waals surface area contributed by atoms with Crippen LogP contribution in [0, 0.1) is 0 Å². The van der Waals surface area contributed by atoms with Crippen molar-refractivity contribution in [2.24, 2.45) is 0 Å². The Kier molecular flexibility index (Phi) is 6.02. The van der Waals surface area contributed by atoms with Crippen LogP contribution in [-0.4, -0.2) is 18.6 Å². The Balaban J connectivity index is 1.64. The van der Waals surface area contributed by atoms with Crippen LogP contribution in [0.1, 0.15) is 37.8 Å². The lowest BCUT2D eigenvalue weighted by atomic mass is 9.87. The molecule has 1 heterocycles. The summed E-state index contributed by atoms with van der Waals surface area (Å²) in [5.74, 6) is 0.524. The third-order valence-corrected chi connectivity index (χ3v) is 5.96. The van der Waals surface area contributed by atoms with Crippen molar-refractivity contribution in [3.05, 3.63) is 70.0 Å². The Morgan fingerprint density at radius 2 is 1.82 bits per heavy atom. The van der Waals surface area contributed by atoms with Crippen LogP contribution in [0.4, 0.5) is 0 Å². The summed E-state index contributed by atoms with van der Waals surface area (Å²) in [4.78, 5) is 4.28.